The summed E-state index contributed by atoms with van der Waals surface area (Å²) < 4.78 is 7.49. The maximum Gasteiger partial charge on any atom is 0.240 e. The quantitative estimate of drug-likeness (QED) is 0.370. The Labute approximate surface area is 208 Å². The Bertz CT molecular complexity index is 1290. The number of anilines is 1. The van der Waals surface area contributed by atoms with Crippen LogP contribution < -0.4 is 15.5 Å². The van der Waals surface area contributed by atoms with Crippen molar-refractivity contribution in [2.75, 3.05) is 17.3 Å². The highest BCUT2D eigenvalue weighted by Crippen LogP contribution is 2.39. The summed E-state index contributed by atoms with van der Waals surface area (Å²) in [5, 5.41) is 12.1. The topological polar surface area (TPSA) is 81.1 Å². The third-order valence-electron chi connectivity index (χ3n) is 5.91. The highest BCUT2D eigenvalue weighted by Gasteiger charge is 2.38. The first-order valence-electron chi connectivity index (χ1n) is 11.7. The Kier molecular flexibility index (Phi) is 6.72. The van der Waals surface area contributed by atoms with Crippen LogP contribution in [0.15, 0.2) is 84.0 Å². The highest BCUT2D eigenvalue weighted by molar-refractivity contribution is 8.00. The molecule has 0 fully saturated rings. The zero-order chi connectivity index (χ0) is 24.2. The lowest BCUT2D eigenvalue weighted by molar-refractivity contribution is -0.116. The number of carbonyl (C=O) groups is 1. The third kappa shape index (κ3) is 4.88. The Morgan fingerprint density at radius 1 is 1.00 bits per heavy atom. The average Bonchev–Trinajstić information content (AvgIpc) is 3.32. The van der Waals surface area contributed by atoms with Crippen LogP contribution in [-0.2, 0) is 11.2 Å². The lowest BCUT2D eigenvalue weighted by Crippen LogP contribution is -2.41. The molecule has 0 spiro atoms. The molecule has 0 aliphatic carbocycles. The van der Waals surface area contributed by atoms with E-state index in [2.05, 4.69) is 27.9 Å². The van der Waals surface area contributed by atoms with Gasteiger partial charge < -0.3 is 15.5 Å². The zero-order valence-corrected chi connectivity index (χ0v) is 20.5. The molecule has 35 heavy (non-hydrogen) atoms. The summed E-state index contributed by atoms with van der Waals surface area (Å²) in [6.45, 7) is 4.67. The van der Waals surface area contributed by atoms with Crippen LogP contribution in [0.2, 0.25) is 0 Å². The van der Waals surface area contributed by atoms with E-state index < -0.39 is 5.25 Å². The van der Waals surface area contributed by atoms with Crippen molar-refractivity contribution in [1.29, 1.82) is 0 Å². The van der Waals surface area contributed by atoms with Crippen LogP contribution in [0, 0.1) is 0 Å². The molecule has 7 nitrogen and oxygen atoms in total. The van der Waals surface area contributed by atoms with E-state index in [1.54, 1.807) is 0 Å². The minimum absolute atomic E-state index is 0.0962. The van der Waals surface area contributed by atoms with E-state index in [-0.39, 0.29) is 11.9 Å². The number of aromatic nitrogens is 3. The number of nitrogens with zero attached hydrogens (tertiary/aromatic N) is 3. The summed E-state index contributed by atoms with van der Waals surface area (Å²) in [5.41, 5.74) is 7.44. The van der Waals surface area contributed by atoms with E-state index in [0.29, 0.717) is 17.6 Å². The average molecular weight is 486 g/mol. The standard InChI is InChI=1S/C27H27N5O2S/c1-3-18-10-14-21(15-11-18)28-26(33)24-23(19-12-16-22(17-13-19)34-4-2)31-32-25(29-30-27(32)35-24)20-8-6-5-7-9-20/h5-17,23-24,31H,3-4H2,1-2H3,(H,28,33). The SMILES string of the molecule is CCOc1ccc(C2Nn3c(nnc3-c3ccccc3)SC2C(=O)Nc2ccc(CC)cc2)cc1. The van der Waals surface area contributed by atoms with E-state index in [1.807, 2.05) is 90.5 Å². The van der Waals surface area contributed by atoms with Gasteiger partial charge in [0, 0.05) is 11.3 Å². The van der Waals surface area contributed by atoms with E-state index in [9.17, 15) is 4.79 Å². The summed E-state index contributed by atoms with van der Waals surface area (Å²) in [4.78, 5) is 13.5. The molecule has 0 radical (unpaired) electrons. The predicted molar refractivity (Wildman–Crippen MR) is 139 cm³/mol. The lowest BCUT2D eigenvalue weighted by Gasteiger charge is -2.33. The molecule has 0 bridgehead atoms. The van der Waals surface area contributed by atoms with Crippen molar-refractivity contribution >= 4 is 23.4 Å². The fourth-order valence-corrected chi connectivity index (χ4v) is 5.13. The molecule has 1 aliphatic rings. The van der Waals surface area contributed by atoms with Gasteiger partial charge in [0.25, 0.3) is 0 Å². The molecule has 1 amide bonds. The molecule has 0 saturated heterocycles. The summed E-state index contributed by atoms with van der Waals surface area (Å²) >= 11 is 1.41. The first-order valence-corrected chi connectivity index (χ1v) is 12.6. The Morgan fingerprint density at radius 3 is 2.43 bits per heavy atom. The molecule has 2 atom stereocenters. The molecule has 5 rings (SSSR count). The summed E-state index contributed by atoms with van der Waals surface area (Å²) in [7, 11) is 0. The van der Waals surface area contributed by atoms with E-state index in [4.69, 9.17) is 4.74 Å². The molecule has 2 heterocycles. The largest absolute Gasteiger partial charge is 0.494 e. The Morgan fingerprint density at radius 2 is 1.74 bits per heavy atom. The van der Waals surface area contributed by atoms with Crippen molar-refractivity contribution in [2.24, 2.45) is 0 Å². The number of amides is 1. The molecule has 0 saturated carbocycles. The molecular weight excluding hydrogens is 458 g/mol. The van der Waals surface area contributed by atoms with Crippen LogP contribution in [0.25, 0.3) is 11.4 Å². The number of ether oxygens (including phenoxy) is 1. The maximum atomic E-state index is 13.5. The lowest BCUT2D eigenvalue weighted by atomic mass is 10.0. The third-order valence-corrected chi connectivity index (χ3v) is 7.12. The highest BCUT2D eigenvalue weighted by atomic mass is 32.2. The normalized spacial score (nSPS) is 16.7. The molecule has 4 aromatic rings. The van der Waals surface area contributed by atoms with Gasteiger partial charge in [-0.25, -0.2) is 4.68 Å². The van der Waals surface area contributed by atoms with Gasteiger partial charge in [-0.1, -0.05) is 73.3 Å². The van der Waals surface area contributed by atoms with Crippen molar-refractivity contribution in [2.45, 2.75) is 36.7 Å². The number of benzene rings is 3. The molecule has 1 aliphatic heterocycles. The minimum Gasteiger partial charge on any atom is -0.494 e. The summed E-state index contributed by atoms with van der Waals surface area (Å²) in [5.74, 6) is 1.41. The second-order valence-electron chi connectivity index (χ2n) is 8.19. The number of hydrogen-bond acceptors (Lipinski definition) is 6. The first kappa shape index (κ1) is 23.0. The second kappa shape index (κ2) is 10.2. The monoisotopic (exact) mass is 485 g/mol. The number of carbonyl (C=O) groups excluding carboxylic acids is 1. The molecule has 2 N–H and O–H groups in total. The van der Waals surface area contributed by atoms with Crippen LogP contribution >= 0.6 is 11.8 Å². The van der Waals surface area contributed by atoms with Crippen molar-refractivity contribution in [1.82, 2.24) is 14.9 Å². The second-order valence-corrected chi connectivity index (χ2v) is 9.30. The summed E-state index contributed by atoms with van der Waals surface area (Å²) in [6, 6.07) is 25.4. The molecule has 8 heteroatoms. The Balaban J connectivity index is 1.47. The van der Waals surface area contributed by atoms with Gasteiger partial charge in [-0.2, -0.15) is 0 Å². The van der Waals surface area contributed by atoms with E-state index >= 15 is 0 Å². The number of nitrogens with one attached hydrogen (secondary N) is 2. The molecule has 3 aromatic carbocycles. The fraction of sp³-hybridized carbons (Fsp3) is 0.222. The number of rotatable bonds is 7. The molecular formula is C27H27N5O2S. The van der Waals surface area contributed by atoms with Gasteiger partial charge in [0.2, 0.25) is 11.1 Å². The smallest absolute Gasteiger partial charge is 0.240 e. The number of thioether (sulfide) groups is 1. The van der Waals surface area contributed by atoms with Crippen LogP contribution in [0.5, 0.6) is 5.75 Å². The van der Waals surface area contributed by atoms with Gasteiger partial charge >= 0.3 is 0 Å². The van der Waals surface area contributed by atoms with Crippen molar-refractivity contribution in [3.8, 4) is 17.1 Å². The van der Waals surface area contributed by atoms with Crippen molar-refractivity contribution < 1.29 is 9.53 Å². The van der Waals surface area contributed by atoms with Crippen LogP contribution in [0.4, 0.5) is 5.69 Å². The molecule has 1 aromatic heterocycles. The maximum absolute atomic E-state index is 13.5. The van der Waals surface area contributed by atoms with Gasteiger partial charge in [0.05, 0.1) is 12.6 Å². The first-order chi connectivity index (χ1) is 17.2. The van der Waals surface area contributed by atoms with Gasteiger partial charge in [-0.05, 0) is 48.7 Å². The van der Waals surface area contributed by atoms with Crippen molar-refractivity contribution in [3.05, 3.63) is 90.0 Å². The van der Waals surface area contributed by atoms with Crippen molar-refractivity contribution in [3.63, 3.8) is 0 Å². The minimum atomic E-state index is -0.459. The Hall–Kier alpha value is -3.78. The van der Waals surface area contributed by atoms with Gasteiger partial charge in [-0.3, -0.25) is 4.79 Å². The van der Waals surface area contributed by atoms with E-state index in [0.717, 1.165) is 29.0 Å². The van der Waals surface area contributed by atoms with E-state index in [1.165, 1.54) is 17.3 Å². The number of aryl methyl sites for hydroxylation is 1. The number of hydrogen-bond donors (Lipinski definition) is 2. The summed E-state index contributed by atoms with van der Waals surface area (Å²) in [6.07, 6.45) is 0.954. The fourth-order valence-electron chi connectivity index (χ4n) is 4.05. The van der Waals surface area contributed by atoms with Gasteiger partial charge in [0.1, 0.15) is 11.0 Å². The molecule has 2 unspecified atom stereocenters. The van der Waals surface area contributed by atoms with Crippen LogP contribution in [-0.4, -0.2) is 32.6 Å². The number of fused-ring (bicyclic) bond motifs is 1. The van der Waals surface area contributed by atoms with Crippen LogP contribution in [0.3, 0.4) is 0 Å². The predicted octanol–water partition coefficient (Wildman–Crippen LogP) is 5.30. The molecule has 178 valence electrons. The zero-order valence-electron chi connectivity index (χ0n) is 19.6. The van der Waals surface area contributed by atoms with Gasteiger partial charge in [-0.15, -0.1) is 10.2 Å². The van der Waals surface area contributed by atoms with Crippen LogP contribution in [0.1, 0.15) is 31.0 Å². The van der Waals surface area contributed by atoms with Gasteiger partial charge in [0.15, 0.2) is 5.82 Å².